The Morgan fingerprint density at radius 1 is 1.00 bits per heavy atom. The number of pyridine rings is 1. The van der Waals surface area contributed by atoms with Crippen molar-refractivity contribution in [1.29, 1.82) is 0 Å². The average molecular weight is 589 g/mol. The number of esters is 1. The van der Waals surface area contributed by atoms with Crippen LogP contribution in [0.3, 0.4) is 0 Å². The Morgan fingerprint density at radius 2 is 1.72 bits per heavy atom. The lowest BCUT2D eigenvalue weighted by Gasteiger charge is -2.30. The van der Waals surface area contributed by atoms with Gasteiger partial charge in [-0.1, -0.05) is 25.1 Å². The Kier molecular flexibility index (Phi) is 8.27. The van der Waals surface area contributed by atoms with Crippen LogP contribution < -0.4 is 19.5 Å². The summed E-state index contributed by atoms with van der Waals surface area (Å²) in [7, 11) is 1.58. The summed E-state index contributed by atoms with van der Waals surface area (Å²) in [5, 5.41) is 13.2. The van der Waals surface area contributed by atoms with Crippen molar-refractivity contribution in [3.05, 3.63) is 76.5 Å². The summed E-state index contributed by atoms with van der Waals surface area (Å²) in [6, 6.07) is 15.5. The lowest BCUT2D eigenvalue weighted by atomic mass is 9.77. The number of aliphatic carboxylic acids is 1. The summed E-state index contributed by atoms with van der Waals surface area (Å²) in [4.78, 5) is 31.4. The van der Waals surface area contributed by atoms with Crippen molar-refractivity contribution in [1.82, 2.24) is 4.98 Å². The van der Waals surface area contributed by atoms with Crippen molar-refractivity contribution >= 4 is 17.8 Å². The van der Waals surface area contributed by atoms with Gasteiger partial charge in [0.05, 0.1) is 24.6 Å². The Labute approximate surface area is 252 Å². The van der Waals surface area contributed by atoms with Crippen LogP contribution in [0.5, 0.6) is 17.2 Å². The highest BCUT2D eigenvalue weighted by Gasteiger charge is 2.50. The van der Waals surface area contributed by atoms with Crippen LogP contribution in [0, 0.1) is 11.8 Å². The van der Waals surface area contributed by atoms with Crippen molar-refractivity contribution < 1.29 is 33.6 Å². The second-order valence-electron chi connectivity index (χ2n) is 12.6. The fourth-order valence-corrected chi connectivity index (χ4v) is 6.01. The molecule has 0 radical (unpaired) electrons. The van der Waals surface area contributed by atoms with E-state index in [9.17, 15) is 14.7 Å². The van der Waals surface area contributed by atoms with Crippen molar-refractivity contribution in [2.24, 2.45) is 11.8 Å². The van der Waals surface area contributed by atoms with E-state index >= 15 is 0 Å². The molecule has 0 bridgehead atoms. The molecule has 1 aliphatic carbocycles. The number of anilines is 1. The minimum absolute atomic E-state index is 0.140. The molecule has 0 fully saturated rings. The highest BCUT2D eigenvalue weighted by Crippen LogP contribution is 2.54. The van der Waals surface area contributed by atoms with Crippen LogP contribution in [0.15, 0.2) is 48.5 Å². The average Bonchev–Trinajstić information content (AvgIpc) is 3.53. The highest BCUT2D eigenvalue weighted by atomic mass is 16.7. The zero-order valence-electron chi connectivity index (χ0n) is 25.8. The van der Waals surface area contributed by atoms with Gasteiger partial charge in [0, 0.05) is 17.9 Å². The second-order valence-corrected chi connectivity index (χ2v) is 12.6. The van der Waals surface area contributed by atoms with E-state index in [1.807, 2.05) is 83.1 Å². The summed E-state index contributed by atoms with van der Waals surface area (Å²) in [6.07, 6.45) is 0.257. The third-order valence-electron chi connectivity index (χ3n) is 7.81. The number of benzene rings is 2. The minimum Gasteiger partial charge on any atom is -0.497 e. The molecule has 5 rings (SSSR count). The zero-order chi connectivity index (χ0) is 31.1. The minimum atomic E-state index is -0.899. The van der Waals surface area contributed by atoms with Gasteiger partial charge < -0.3 is 29.4 Å². The largest absolute Gasteiger partial charge is 0.497 e. The monoisotopic (exact) mass is 588 g/mol. The fraction of sp³-hybridized carbons (Fsp3) is 0.441. The van der Waals surface area contributed by atoms with Crippen molar-refractivity contribution in [2.45, 2.75) is 71.4 Å². The Bertz CT molecular complexity index is 1530. The maximum atomic E-state index is 14.3. The number of methoxy groups -OCH3 is 1. The fourth-order valence-electron chi connectivity index (χ4n) is 6.01. The van der Waals surface area contributed by atoms with Gasteiger partial charge in [-0.3, -0.25) is 9.59 Å². The van der Waals surface area contributed by atoms with E-state index in [1.54, 1.807) is 14.0 Å². The molecule has 2 aromatic carbocycles. The third kappa shape index (κ3) is 6.26. The topological polar surface area (TPSA) is 116 Å². The molecule has 0 unspecified atom stereocenters. The Morgan fingerprint density at radius 3 is 2.40 bits per heavy atom. The number of carboxylic acid groups (broad SMARTS) is 1. The van der Waals surface area contributed by atoms with Gasteiger partial charge in [0.15, 0.2) is 11.5 Å². The smallest absolute Gasteiger partial charge is 0.311 e. The molecule has 2 aliphatic rings. The van der Waals surface area contributed by atoms with Gasteiger partial charge in [0.2, 0.25) is 6.79 Å². The lowest BCUT2D eigenvalue weighted by molar-refractivity contribution is -0.160. The molecule has 2 heterocycles. The van der Waals surface area contributed by atoms with E-state index < -0.39 is 35.2 Å². The molecular weight excluding hydrogens is 548 g/mol. The maximum absolute atomic E-state index is 14.3. The van der Waals surface area contributed by atoms with E-state index in [1.165, 1.54) is 0 Å². The number of hydrogen-bond donors (Lipinski definition) is 2. The molecule has 3 aromatic rings. The number of nitrogens with one attached hydrogen (secondary N) is 1. The molecule has 9 nitrogen and oxygen atoms in total. The molecule has 0 amide bonds. The van der Waals surface area contributed by atoms with Crippen LogP contribution in [-0.2, 0) is 20.7 Å². The number of carboxylic acids is 1. The molecular formula is C34H40N2O7. The number of rotatable bonds is 9. The number of fused-ring (bicyclic) bond motifs is 2. The van der Waals surface area contributed by atoms with Crippen molar-refractivity contribution in [2.75, 3.05) is 19.2 Å². The normalized spacial score (nSPS) is 19.6. The Balaban J connectivity index is 1.75. The molecule has 0 saturated heterocycles. The summed E-state index contributed by atoms with van der Waals surface area (Å²) in [5.41, 5.74) is 3.41. The van der Waals surface area contributed by atoms with Gasteiger partial charge in [0.25, 0.3) is 0 Å². The molecule has 0 saturated carbocycles. The zero-order valence-corrected chi connectivity index (χ0v) is 25.8. The highest BCUT2D eigenvalue weighted by molar-refractivity contribution is 5.80. The summed E-state index contributed by atoms with van der Waals surface area (Å²) in [5.74, 6) is -0.941. The number of nitrogens with zero attached hydrogens (tertiary/aromatic N) is 1. The first-order chi connectivity index (χ1) is 20.4. The summed E-state index contributed by atoms with van der Waals surface area (Å²) < 4.78 is 22.9. The van der Waals surface area contributed by atoms with Gasteiger partial charge in [-0.05, 0) is 93.6 Å². The molecule has 1 aromatic heterocycles. The predicted molar refractivity (Wildman–Crippen MR) is 162 cm³/mol. The van der Waals surface area contributed by atoms with Crippen molar-refractivity contribution in [3.8, 4) is 17.2 Å². The van der Waals surface area contributed by atoms with Crippen LogP contribution in [0.1, 0.15) is 81.3 Å². The van der Waals surface area contributed by atoms with Gasteiger partial charge >= 0.3 is 11.9 Å². The van der Waals surface area contributed by atoms with E-state index in [-0.39, 0.29) is 25.2 Å². The molecule has 4 atom stereocenters. The van der Waals surface area contributed by atoms with E-state index in [4.69, 9.17) is 23.9 Å². The van der Waals surface area contributed by atoms with Crippen LogP contribution >= 0.6 is 0 Å². The van der Waals surface area contributed by atoms with E-state index in [0.717, 1.165) is 27.9 Å². The number of carbonyl (C=O) groups excluding carboxylic acids is 1. The molecule has 0 spiro atoms. The SMILES string of the molecule is COc1ccc([C@@H]2c3nc(NC(C)C)ccc3[C@H](c3ccc4c(c3)OCO4)[C@H]2C(=O)OC(C)(C)C)c(C[C@@H](C)C(=O)O)c1. The summed E-state index contributed by atoms with van der Waals surface area (Å²) >= 11 is 0. The van der Waals surface area contributed by atoms with Crippen LogP contribution in [0.4, 0.5) is 5.82 Å². The van der Waals surface area contributed by atoms with Gasteiger partial charge in [0.1, 0.15) is 17.2 Å². The number of hydrogen-bond acceptors (Lipinski definition) is 8. The molecule has 1 aliphatic heterocycles. The Hall–Kier alpha value is -4.27. The predicted octanol–water partition coefficient (Wildman–Crippen LogP) is 6.14. The van der Waals surface area contributed by atoms with Gasteiger partial charge in [-0.25, -0.2) is 4.98 Å². The number of aromatic nitrogens is 1. The van der Waals surface area contributed by atoms with E-state index in [0.29, 0.717) is 23.1 Å². The summed E-state index contributed by atoms with van der Waals surface area (Å²) in [6.45, 7) is 11.5. The number of ether oxygens (including phenoxy) is 4. The quantitative estimate of drug-likeness (QED) is 0.285. The molecule has 43 heavy (non-hydrogen) atoms. The molecule has 9 heteroatoms. The lowest BCUT2D eigenvalue weighted by Crippen LogP contribution is -2.33. The maximum Gasteiger partial charge on any atom is 0.311 e. The van der Waals surface area contributed by atoms with Gasteiger partial charge in [-0.2, -0.15) is 0 Å². The third-order valence-corrected chi connectivity index (χ3v) is 7.81. The molecule has 228 valence electrons. The number of carbonyl (C=O) groups is 2. The molecule has 2 N–H and O–H groups in total. The van der Waals surface area contributed by atoms with Crippen LogP contribution in [0.2, 0.25) is 0 Å². The van der Waals surface area contributed by atoms with Crippen LogP contribution in [0.25, 0.3) is 0 Å². The van der Waals surface area contributed by atoms with E-state index in [2.05, 4.69) is 5.32 Å². The standard InChI is InChI=1S/C34H40N2O7/c1-18(2)35-27-13-11-24-28(20-8-12-25-26(16-20)42-17-41-25)30(33(39)43-34(4,5)6)29(31(24)36-27)23-10-9-22(40-7)15-21(23)14-19(3)32(37)38/h8-13,15-16,18-19,28-30H,14,17H2,1-7H3,(H,35,36)(H,37,38)/t19-,28+,29+,30-/m1/s1. The first kappa shape index (κ1) is 30.2. The second kappa shape index (κ2) is 11.8. The first-order valence-corrected chi connectivity index (χ1v) is 14.7. The first-order valence-electron chi connectivity index (χ1n) is 14.7. The van der Waals surface area contributed by atoms with Gasteiger partial charge in [-0.15, -0.1) is 0 Å². The van der Waals surface area contributed by atoms with Crippen LogP contribution in [-0.4, -0.2) is 47.6 Å². The van der Waals surface area contributed by atoms with Crippen molar-refractivity contribution in [3.63, 3.8) is 0 Å².